The average Bonchev–Trinajstić information content (AvgIpc) is 2.79. The molecular formula is C16H32N2O. The summed E-state index contributed by atoms with van der Waals surface area (Å²) in [4.78, 5) is 2.56. The smallest absolute Gasteiger partial charge is 0.0558 e. The third-order valence-electron chi connectivity index (χ3n) is 5.07. The standard InChI is InChI=1S/C16H32N2O/c1-16(2)8-3-6-15(7-9-16)18(11-12-19)13-14-5-4-10-17-14/h14-15,17,19H,3-13H2,1-2H3. The Hall–Kier alpha value is -0.120. The molecule has 1 aliphatic heterocycles. The van der Waals surface area contributed by atoms with Crippen LogP contribution in [-0.2, 0) is 0 Å². The van der Waals surface area contributed by atoms with Gasteiger partial charge in [-0.3, -0.25) is 4.90 Å². The molecule has 1 saturated heterocycles. The molecule has 0 amide bonds. The molecule has 19 heavy (non-hydrogen) atoms. The van der Waals surface area contributed by atoms with Gasteiger partial charge >= 0.3 is 0 Å². The van der Waals surface area contributed by atoms with Crippen molar-refractivity contribution in [1.82, 2.24) is 10.2 Å². The molecule has 2 atom stereocenters. The van der Waals surface area contributed by atoms with Crippen molar-refractivity contribution >= 4 is 0 Å². The van der Waals surface area contributed by atoms with E-state index in [0.29, 0.717) is 24.1 Å². The molecule has 0 radical (unpaired) electrons. The summed E-state index contributed by atoms with van der Waals surface area (Å²) in [6, 6.07) is 1.35. The number of aliphatic hydroxyl groups is 1. The summed E-state index contributed by atoms with van der Waals surface area (Å²) >= 11 is 0. The van der Waals surface area contributed by atoms with E-state index < -0.39 is 0 Å². The fourth-order valence-electron chi connectivity index (χ4n) is 3.76. The second-order valence-electron chi connectivity index (χ2n) is 7.26. The van der Waals surface area contributed by atoms with Gasteiger partial charge in [0, 0.05) is 25.2 Å². The third kappa shape index (κ3) is 4.73. The van der Waals surface area contributed by atoms with Crippen molar-refractivity contribution in [2.75, 3.05) is 26.2 Å². The van der Waals surface area contributed by atoms with E-state index in [1.807, 2.05) is 0 Å². The van der Waals surface area contributed by atoms with Crippen LogP contribution in [0.15, 0.2) is 0 Å². The lowest BCUT2D eigenvalue weighted by Crippen LogP contribution is -2.44. The zero-order valence-corrected chi connectivity index (χ0v) is 12.8. The van der Waals surface area contributed by atoms with Crippen LogP contribution in [0.4, 0.5) is 0 Å². The Labute approximate surface area is 118 Å². The van der Waals surface area contributed by atoms with E-state index in [-0.39, 0.29) is 0 Å². The maximum absolute atomic E-state index is 9.35. The van der Waals surface area contributed by atoms with E-state index in [4.69, 9.17) is 0 Å². The van der Waals surface area contributed by atoms with Crippen LogP contribution in [0.3, 0.4) is 0 Å². The molecule has 2 aliphatic rings. The SMILES string of the molecule is CC1(C)CCCC(N(CCO)CC2CCCN2)CC1. The monoisotopic (exact) mass is 268 g/mol. The van der Waals surface area contributed by atoms with Crippen LogP contribution in [0.2, 0.25) is 0 Å². The predicted octanol–water partition coefficient (Wildman–Crippen LogP) is 2.39. The molecule has 2 fully saturated rings. The quantitative estimate of drug-likeness (QED) is 0.752. The van der Waals surface area contributed by atoms with E-state index in [1.54, 1.807) is 0 Å². The van der Waals surface area contributed by atoms with Crippen LogP contribution in [0.25, 0.3) is 0 Å². The second-order valence-corrected chi connectivity index (χ2v) is 7.26. The first-order valence-electron chi connectivity index (χ1n) is 8.19. The molecule has 2 unspecified atom stereocenters. The Kier molecular flexibility index (Phi) is 5.67. The maximum atomic E-state index is 9.35. The Balaban J connectivity index is 1.89. The minimum atomic E-state index is 0.298. The topological polar surface area (TPSA) is 35.5 Å². The van der Waals surface area contributed by atoms with Gasteiger partial charge in [-0.2, -0.15) is 0 Å². The number of nitrogens with zero attached hydrogens (tertiary/aromatic N) is 1. The van der Waals surface area contributed by atoms with Crippen LogP contribution >= 0.6 is 0 Å². The fraction of sp³-hybridized carbons (Fsp3) is 1.00. The van der Waals surface area contributed by atoms with Gasteiger partial charge in [-0.05, 0) is 50.5 Å². The molecule has 0 aromatic heterocycles. The van der Waals surface area contributed by atoms with Gasteiger partial charge in [-0.1, -0.05) is 20.3 Å². The highest BCUT2D eigenvalue weighted by molar-refractivity contribution is 4.85. The van der Waals surface area contributed by atoms with E-state index in [2.05, 4.69) is 24.1 Å². The number of hydrogen-bond donors (Lipinski definition) is 2. The molecule has 0 aromatic rings. The van der Waals surface area contributed by atoms with Crippen LogP contribution in [0, 0.1) is 5.41 Å². The molecule has 3 heteroatoms. The van der Waals surface area contributed by atoms with E-state index >= 15 is 0 Å². The van der Waals surface area contributed by atoms with Gasteiger partial charge in [0.05, 0.1) is 6.61 Å². The molecule has 2 rings (SSSR count). The van der Waals surface area contributed by atoms with Crippen molar-refractivity contribution in [3.63, 3.8) is 0 Å². The molecule has 0 bridgehead atoms. The Morgan fingerprint density at radius 3 is 2.68 bits per heavy atom. The first-order chi connectivity index (χ1) is 9.11. The van der Waals surface area contributed by atoms with Gasteiger partial charge < -0.3 is 10.4 Å². The molecule has 112 valence electrons. The number of rotatable bonds is 5. The molecule has 1 aliphatic carbocycles. The zero-order chi connectivity index (χ0) is 13.7. The summed E-state index contributed by atoms with van der Waals surface area (Å²) in [7, 11) is 0. The molecule has 3 nitrogen and oxygen atoms in total. The number of aliphatic hydroxyl groups excluding tert-OH is 1. The van der Waals surface area contributed by atoms with Gasteiger partial charge in [-0.15, -0.1) is 0 Å². The van der Waals surface area contributed by atoms with Crippen molar-refractivity contribution < 1.29 is 5.11 Å². The molecule has 1 saturated carbocycles. The van der Waals surface area contributed by atoms with Crippen molar-refractivity contribution in [3.05, 3.63) is 0 Å². The van der Waals surface area contributed by atoms with E-state index in [9.17, 15) is 5.11 Å². The van der Waals surface area contributed by atoms with Crippen LogP contribution in [0.5, 0.6) is 0 Å². The average molecular weight is 268 g/mol. The zero-order valence-electron chi connectivity index (χ0n) is 12.8. The fourth-order valence-corrected chi connectivity index (χ4v) is 3.76. The number of hydrogen-bond acceptors (Lipinski definition) is 3. The van der Waals surface area contributed by atoms with Gasteiger partial charge in [0.2, 0.25) is 0 Å². The summed E-state index contributed by atoms with van der Waals surface area (Å²) in [5, 5.41) is 12.9. The largest absolute Gasteiger partial charge is 0.395 e. The molecular weight excluding hydrogens is 236 g/mol. The van der Waals surface area contributed by atoms with E-state index in [1.165, 1.54) is 51.5 Å². The third-order valence-corrected chi connectivity index (χ3v) is 5.07. The summed E-state index contributed by atoms with van der Waals surface area (Å²) in [6.45, 7) is 8.27. The minimum absolute atomic E-state index is 0.298. The van der Waals surface area contributed by atoms with Crippen molar-refractivity contribution in [2.45, 2.75) is 70.9 Å². The van der Waals surface area contributed by atoms with Crippen LogP contribution < -0.4 is 5.32 Å². The summed E-state index contributed by atoms with van der Waals surface area (Å²) in [5.41, 5.74) is 0.519. The summed E-state index contributed by atoms with van der Waals surface area (Å²) in [5.74, 6) is 0. The van der Waals surface area contributed by atoms with Crippen LogP contribution in [-0.4, -0.2) is 48.3 Å². The lowest BCUT2D eigenvalue weighted by atomic mass is 9.85. The lowest BCUT2D eigenvalue weighted by molar-refractivity contribution is 0.127. The highest BCUT2D eigenvalue weighted by Gasteiger charge is 2.29. The lowest BCUT2D eigenvalue weighted by Gasteiger charge is -2.33. The Morgan fingerprint density at radius 2 is 2.00 bits per heavy atom. The second kappa shape index (κ2) is 7.05. The van der Waals surface area contributed by atoms with Crippen molar-refractivity contribution in [3.8, 4) is 0 Å². The van der Waals surface area contributed by atoms with Gasteiger partial charge in [0.15, 0.2) is 0 Å². The molecule has 1 heterocycles. The van der Waals surface area contributed by atoms with E-state index in [0.717, 1.165) is 13.1 Å². The highest BCUT2D eigenvalue weighted by Crippen LogP contribution is 2.35. The van der Waals surface area contributed by atoms with Crippen molar-refractivity contribution in [1.29, 1.82) is 0 Å². The molecule has 0 spiro atoms. The first-order valence-corrected chi connectivity index (χ1v) is 8.19. The summed E-state index contributed by atoms with van der Waals surface area (Å²) < 4.78 is 0. The Bertz CT molecular complexity index is 261. The van der Waals surface area contributed by atoms with Gasteiger partial charge in [-0.25, -0.2) is 0 Å². The summed E-state index contributed by atoms with van der Waals surface area (Å²) in [6.07, 6.45) is 9.28. The predicted molar refractivity (Wildman–Crippen MR) is 80.3 cm³/mol. The van der Waals surface area contributed by atoms with Crippen molar-refractivity contribution in [2.24, 2.45) is 5.41 Å². The normalized spacial score (nSPS) is 31.6. The minimum Gasteiger partial charge on any atom is -0.395 e. The van der Waals surface area contributed by atoms with Gasteiger partial charge in [0.1, 0.15) is 0 Å². The Morgan fingerprint density at radius 1 is 1.16 bits per heavy atom. The number of nitrogens with one attached hydrogen (secondary N) is 1. The first kappa shape index (κ1) is 15.3. The van der Waals surface area contributed by atoms with Crippen LogP contribution in [0.1, 0.15) is 58.8 Å². The van der Waals surface area contributed by atoms with Gasteiger partial charge in [0.25, 0.3) is 0 Å². The molecule has 0 aromatic carbocycles. The molecule has 2 N–H and O–H groups in total. The maximum Gasteiger partial charge on any atom is 0.0558 e. The highest BCUT2D eigenvalue weighted by atomic mass is 16.3.